The molecule has 1 aromatic carbocycles. The van der Waals surface area contributed by atoms with Crippen molar-refractivity contribution in [3.8, 4) is 0 Å². The third kappa shape index (κ3) is 5.65. The lowest BCUT2D eigenvalue weighted by atomic mass is 10.2. The minimum atomic E-state index is -0.871. The van der Waals surface area contributed by atoms with Gasteiger partial charge in [-0.25, -0.2) is 9.18 Å². The average Bonchev–Trinajstić information content (AvgIpc) is 2.44. The van der Waals surface area contributed by atoms with Crippen LogP contribution in [-0.4, -0.2) is 18.0 Å². The van der Waals surface area contributed by atoms with E-state index < -0.39 is 18.0 Å². The predicted octanol–water partition coefficient (Wildman–Crippen LogP) is 2.34. The lowest BCUT2D eigenvalue weighted by Gasteiger charge is -2.12. The van der Waals surface area contributed by atoms with Crippen LogP contribution in [0.5, 0.6) is 0 Å². The SMILES string of the molecule is CC/C=C/C(=O)O[C@@H](C)C(=O)NCc1ccc(F)cc1. The molecule has 20 heavy (non-hydrogen) atoms. The number of ether oxygens (including phenoxy) is 1. The van der Waals surface area contributed by atoms with Gasteiger partial charge in [-0.3, -0.25) is 4.79 Å². The number of carbonyl (C=O) groups excluding carboxylic acids is 2. The molecular weight excluding hydrogens is 261 g/mol. The normalized spacial score (nSPS) is 12.2. The first-order chi connectivity index (χ1) is 9.52. The molecule has 0 aliphatic heterocycles. The van der Waals surface area contributed by atoms with E-state index in [0.717, 1.165) is 12.0 Å². The fraction of sp³-hybridized carbons (Fsp3) is 0.333. The van der Waals surface area contributed by atoms with Crippen LogP contribution >= 0.6 is 0 Å². The second kappa shape index (κ2) is 8.09. The Bertz CT molecular complexity index is 482. The molecule has 1 N–H and O–H groups in total. The van der Waals surface area contributed by atoms with Crippen molar-refractivity contribution in [3.63, 3.8) is 0 Å². The number of benzene rings is 1. The molecule has 108 valence electrons. The van der Waals surface area contributed by atoms with Gasteiger partial charge in [0.2, 0.25) is 0 Å². The molecule has 4 nitrogen and oxygen atoms in total. The summed E-state index contributed by atoms with van der Waals surface area (Å²) in [6, 6.07) is 5.80. The van der Waals surface area contributed by atoms with Crippen molar-refractivity contribution in [1.29, 1.82) is 0 Å². The van der Waals surface area contributed by atoms with Gasteiger partial charge in [0.25, 0.3) is 5.91 Å². The predicted molar refractivity (Wildman–Crippen MR) is 73.2 cm³/mol. The summed E-state index contributed by atoms with van der Waals surface area (Å²) in [6.07, 6.45) is 2.81. The van der Waals surface area contributed by atoms with Crippen LogP contribution in [0.4, 0.5) is 4.39 Å². The maximum atomic E-state index is 12.7. The lowest BCUT2D eigenvalue weighted by Crippen LogP contribution is -2.35. The molecule has 0 bridgehead atoms. The Hall–Kier alpha value is -2.17. The van der Waals surface area contributed by atoms with Crippen molar-refractivity contribution in [2.24, 2.45) is 0 Å². The van der Waals surface area contributed by atoms with Crippen LogP contribution in [0, 0.1) is 5.82 Å². The summed E-state index contributed by atoms with van der Waals surface area (Å²) in [4.78, 5) is 23.0. The van der Waals surface area contributed by atoms with E-state index in [1.165, 1.54) is 25.1 Å². The first-order valence-corrected chi connectivity index (χ1v) is 6.42. The highest BCUT2D eigenvalue weighted by Crippen LogP contribution is 2.02. The van der Waals surface area contributed by atoms with E-state index >= 15 is 0 Å². The summed E-state index contributed by atoms with van der Waals surface area (Å²) in [6.45, 7) is 3.64. The average molecular weight is 279 g/mol. The topological polar surface area (TPSA) is 55.4 Å². The van der Waals surface area contributed by atoms with E-state index in [1.807, 2.05) is 6.92 Å². The highest BCUT2D eigenvalue weighted by molar-refractivity contribution is 5.87. The van der Waals surface area contributed by atoms with Crippen molar-refractivity contribution in [2.45, 2.75) is 32.9 Å². The van der Waals surface area contributed by atoms with Gasteiger partial charge in [-0.15, -0.1) is 0 Å². The number of hydrogen-bond acceptors (Lipinski definition) is 3. The molecular formula is C15H18FNO3. The van der Waals surface area contributed by atoms with E-state index in [0.29, 0.717) is 0 Å². The number of nitrogens with one attached hydrogen (secondary N) is 1. The zero-order valence-electron chi connectivity index (χ0n) is 11.6. The Morgan fingerprint density at radius 2 is 2.00 bits per heavy atom. The molecule has 0 fully saturated rings. The largest absolute Gasteiger partial charge is 0.449 e. The molecule has 0 aromatic heterocycles. The van der Waals surface area contributed by atoms with E-state index in [9.17, 15) is 14.0 Å². The van der Waals surface area contributed by atoms with Crippen LogP contribution in [0.3, 0.4) is 0 Å². The second-order valence-corrected chi connectivity index (χ2v) is 4.23. The fourth-order valence-electron chi connectivity index (χ4n) is 1.42. The zero-order valence-corrected chi connectivity index (χ0v) is 11.6. The van der Waals surface area contributed by atoms with Crippen molar-refractivity contribution in [2.75, 3.05) is 0 Å². The van der Waals surface area contributed by atoms with E-state index in [4.69, 9.17) is 4.74 Å². The molecule has 0 spiro atoms. The molecule has 1 amide bonds. The molecule has 0 saturated heterocycles. The fourth-order valence-corrected chi connectivity index (χ4v) is 1.42. The smallest absolute Gasteiger partial charge is 0.331 e. The van der Waals surface area contributed by atoms with Crippen LogP contribution in [0.2, 0.25) is 0 Å². The van der Waals surface area contributed by atoms with E-state index in [1.54, 1.807) is 18.2 Å². The molecule has 0 aliphatic carbocycles. The molecule has 0 saturated carbocycles. The molecule has 1 aromatic rings. The summed E-state index contributed by atoms with van der Waals surface area (Å²) in [5.41, 5.74) is 0.768. The maximum absolute atomic E-state index is 12.7. The highest BCUT2D eigenvalue weighted by atomic mass is 19.1. The van der Waals surface area contributed by atoms with Gasteiger partial charge >= 0.3 is 5.97 Å². The minimum Gasteiger partial charge on any atom is -0.449 e. The standard InChI is InChI=1S/C15H18FNO3/c1-3-4-5-14(18)20-11(2)15(19)17-10-12-6-8-13(16)9-7-12/h4-9,11H,3,10H2,1-2H3,(H,17,19)/b5-4+/t11-/m0/s1. The van der Waals surface area contributed by atoms with E-state index in [2.05, 4.69) is 5.32 Å². The Kier molecular flexibility index (Phi) is 6.43. The Balaban J connectivity index is 2.40. The summed E-state index contributed by atoms with van der Waals surface area (Å²) >= 11 is 0. The van der Waals surface area contributed by atoms with Gasteiger partial charge in [0.05, 0.1) is 0 Å². The van der Waals surface area contributed by atoms with Crippen molar-refractivity contribution < 1.29 is 18.7 Å². The van der Waals surface area contributed by atoms with Gasteiger partial charge in [0.1, 0.15) is 5.82 Å². The second-order valence-electron chi connectivity index (χ2n) is 4.23. The van der Waals surface area contributed by atoms with Crippen molar-refractivity contribution >= 4 is 11.9 Å². The monoisotopic (exact) mass is 279 g/mol. The summed E-state index contributed by atoms with van der Waals surface area (Å²) < 4.78 is 17.6. The van der Waals surface area contributed by atoms with Crippen LogP contribution in [0.1, 0.15) is 25.8 Å². The first kappa shape index (κ1) is 15.9. The molecule has 1 rings (SSSR count). The number of esters is 1. The van der Waals surface area contributed by atoms with Gasteiger partial charge in [0.15, 0.2) is 6.10 Å². The van der Waals surface area contributed by atoms with Crippen LogP contribution in [0.25, 0.3) is 0 Å². The summed E-state index contributed by atoms with van der Waals surface area (Å²) in [7, 11) is 0. The highest BCUT2D eigenvalue weighted by Gasteiger charge is 2.15. The Labute approximate surface area is 117 Å². The van der Waals surface area contributed by atoms with Crippen molar-refractivity contribution in [3.05, 3.63) is 47.8 Å². The van der Waals surface area contributed by atoms with Gasteiger partial charge in [-0.1, -0.05) is 25.1 Å². The molecule has 0 aliphatic rings. The Morgan fingerprint density at radius 1 is 1.35 bits per heavy atom. The molecule has 0 radical (unpaired) electrons. The first-order valence-electron chi connectivity index (χ1n) is 6.42. The molecule has 5 heteroatoms. The third-order valence-corrected chi connectivity index (χ3v) is 2.53. The van der Waals surface area contributed by atoms with Crippen LogP contribution < -0.4 is 5.32 Å². The number of hydrogen-bond donors (Lipinski definition) is 1. The maximum Gasteiger partial charge on any atom is 0.331 e. The van der Waals surface area contributed by atoms with Crippen LogP contribution in [0.15, 0.2) is 36.4 Å². The molecule has 0 unspecified atom stereocenters. The van der Waals surface area contributed by atoms with Crippen LogP contribution in [-0.2, 0) is 20.9 Å². The number of halogens is 1. The number of amides is 1. The van der Waals surface area contributed by atoms with Gasteiger partial charge in [-0.2, -0.15) is 0 Å². The quantitative estimate of drug-likeness (QED) is 0.642. The summed E-state index contributed by atoms with van der Waals surface area (Å²) in [5.74, 6) is -1.27. The van der Waals surface area contributed by atoms with Gasteiger partial charge < -0.3 is 10.1 Å². The van der Waals surface area contributed by atoms with Gasteiger partial charge in [-0.05, 0) is 31.0 Å². The molecule has 1 atom stereocenters. The number of rotatable bonds is 6. The Morgan fingerprint density at radius 3 is 2.60 bits per heavy atom. The zero-order chi connectivity index (χ0) is 15.0. The minimum absolute atomic E-state index is 0.256. The third-order valence-electron chi connectivity index (χ3n) is 2.53. The summed E-state index contributed by atoms with van der Waals surface area (Å²) in [5, 5.41) is 2.62. The molecule has 0 heterocycles. The van der Waals surface area contributed by atoms with Gasteiger partial charge in [0, 0.05) is 12.6 Å². The number of allylic oxidation sites excluding steroid dienone is 1. The van der Waals surface area contributed by atoms with Crippen molar-refractivity contribution in [1.82, 2.24) is 5.32 Å². The lowest BCUT2D eigenvalue weighted by molar-refractivity contribution is -0.150. The van der Waals surface area contributed by atoms with E-state index in [-0.39, 0.29) is 12.4 Å². The number of carbonyl (C=O) groups is 2.